The Morgan fingerprint density at radius 3 is 2.80 bits per heavy atom. The van der Waals surface area contributed by atoms with E-state index in [1.807, 2.05) is 0 Å². The molecule has 0 radical (unpaired) electrons. The molecule has 1 heterocycles. The number of fused-ring (bicyclic) bond motifs is 1. The second-order valence-electron chi connectivity index (χ2n) is 3.21. The smallest absolute Gasteiger partial charge is 0.311 e. The maximum Gasteiger partial charge on any atom is 0.311 e. The van der Waals surface area contributed by atoms with Crippen molar-refractivity contribution < 1.29 is 9.90 Å². The molecule has 0 amide bonds. The summed E-state index contributed by atoms with van der Waals surface area (Å²) in [6, 6.07) is 0. The number of carboxylic acid groups (broad SMARTS) is 1. The van der Waals surface area contributed by atoms with Crippen molar-refractivity contribution in [1.29, 1.82) is 0 Å². The largest absolute Gasteiger partial charge is 0.481 e. The minimum Gasteiger partial charge on any atom is -0.481 e. The maximum atomic E-state index is 10.6. The van der Waals surface area contributed by atoms with Gasteiger partial charge in [-0.05, 0) is 12.3 Å². The fourth-order valence-electron chi connectivity index (χ4n) is 1.79. The van der Waals surface area contributed by atoms with Gasteiger partial charge in [0.25, 0.3) is 0 Å². The molecular weight excluding hydrogens is 150 g/mol. The van der Waals surface area contributed by atoms with Crippen molar-refractivity contribution in [1.82, 2.24) is 4.31 Å². The first-order chi connectivity index (χ1) is 4.65. The predicted molar refractivity (Wildman–Crippen MR) is 38.7 cm³/mol. The van der Waals surface area contributed by atoms with Crippen LogP contribution >= 0.6 is 12.8 Å². The fraction of sp³-hybridized carbons (Fsp3) is 0.833. The molecule has 1 aliphatic heterocycles. The van der Waals surface area contributed by atoms with E-state index < -0.39 is 11.4 Å². The molecule has 0 bridgehead atoms. The highest BCUT2D eigenvalue weighted by Crippen LogP contribution is 2.58. The van der Waals surface area contributed by atoms with E-state index in [1.165, 1.54) is 0 Å². The fourth-order valence-corrected chi connectivity index (χ4v) is 2.24. The Balaban J connectivity index is 2.15. The first kappa shape index (κ1) is 6.49. The number of carboxylic acids is 1. The number of thiol groups is 1. The average Bonchev–Trinajstić information content (AvgIpc) is 2.37. The van der Waals surface area contributed by atoms with Crippen molar-refractivity contribution in [2.75, 3.05) is 13.1 Å². The molecule has 0 aromatic heterocycles. The van der Waals surface area contributed by atoms with Gasteiger partial charge in [0, 0.05) is 13.1 Å². The molecule has 2 rings (SSSR count). The molecule has 1 saturated carbocycles. The molecule has 1 saturated heterocycles. The summed E-state index contributed by atoms with van der Waals surface area (Å²) in [6.07, 6.45) is 0.861. The molecule has 2 atom stereocenters. The number of rotatable bonds is 1. The van der Waals surface area contributed by atoms with Crippen LogP contribution in [0.3, 0.4) is 0 Å². The summed E-state index contributed by atoms with van der Waals surface area (Å²) in [6.45, 7) is 1.46. The van der Waals surface area contributed by atoms with Gasteiger partial charge in [-0.1, -0.05) is 12.8 Å². The molecule has 4 heteroatoms. The van der Waals surface area contributed by atoms with Crippen LogP contribution in [0.2, 0.25) is 0 Å². The Hall–Kier alpha value is -0.220. The first-order valence-electron chi connectivity index (χ1n) is 3.32. The Labute approximate surface area is 64.6 Å². The minimum atomic E-state index is -0.644. The summed E-state index contributed by atoms with van der Waals surface area (Å²) >= 11 is 4.10. The summed E-state index contributed by atoms with van der Waals surface area (Å²) in [4.78, 5) is 10.6. The molecule has 1 aliphatic carbocycles. The van der Waals surface area contributed by atoms with E-state index in [0.29, 0.717) is 12.5 Å². The molecule has 0 spiro atoms. The van der Waals surface area contributed by atoms with Crippen molar-refractivity contribution in [3.8, 4) is 0 Å². The highest BCUT2D eigenvalue weighted by atomic mass is 32.1. The van der Waals surface area contributed by atoms with E-state index in [4.69, 9.17) is 5.11 Å². The van der Waals surface area contributed by atoms with Crippen LogP contribution in [0, 0.1) is 11.3 Å². The second kappa shape index (κ2) is 1.68. The molecule has 10 heavy (non-hydrogen) atoms. The molecule has 0 aromatic rings. The second-order valence-corrected chi connectivity index (χ2v) is 3.78. The monoisotopic (exact) mass is 159 g/mol. The average molecular weight is 159 g/mol. The Morgan fingerprint density at radius 2 is 2.50 bits per heavy atom. The highest BCUT2D eigenvalue weighted by molar-refractivity contribution is 7.77. The number of aliphatic carboxylic acids is 1. The lowest BCUT2D eigenvalue weighted by Gasteiger charge is -2.09. The number of carbonyl (C=O) groups is 1. The summed E-state index contributed by atoms with van der Waals surface area (Å²) in [5.74, 6) is -0.267. The van der Waals surface area contributed by atoms with Crippen LogP contribution in [0.5, 0.6) is 0 Å². The van der Waals surface area contributed by atoms with Gasteiger partial charge in [-0.3, -0.25) is 9.10 Å². The molecule has 2 aliphatic rings. The number of piperidine rings is 1. The summed E-state index contributed by atoms with van der Waals surface area (Å²) in [5.41, 5.74) is -0.401. The van der Waals surface area contributed by atoms with Crippen molar-refractivity contribution in [2.45, 2.75) is 6.42 Å². The van der Waals surface area contributed by atoms with Crippen molar-refractivity contribution in [3.05, 3.63) is 0 Å². The third-order valence-corrected chi connectivity index (χ3v) is 2.86. The van der Waals surface area contributed by atoms with Crippen molar-refractivity contribution in [3.63, 3.8) is 0 Å². The Kier molecular flexibility index (Phi) is 1.09. The van der Waals surface area contributed by atoms with Crippen LogP contribution in [0.1, 0.15) is 6.42 Å². The number of hydrogen-bond acceptors (Lipinski definition) is 3. The first-order valence-corrected chi connectivity index (χ1v) is 3.72. The zero-order valence-corrected chi connectivity index (χ0v) is 6.34. The van der Waals surface area contributed by atoms with Gasteiger partial charge in [-0.2, -0.15) is 0 Å². The van der Waals surface area contributed by atoms with Crippen LogP contribution in [0.15, 0.2) is 0 Å². The van der Waals surface area contributed by atoms with Crippen LogP contribution in [0.4, 0.5) is 0 Å². The standard InChI is InChI=1S/C6H9NO2S/c8-5(9)6-1-4(6)2-7(10)3-6/h4,10H,1-3H2,(H,8,9). The summed E-state index contributed by atoms with van der Waals surface area (Å²) in [5, 5.41) is 8.77. The molecule has 3 nitrogen and oxygen atoms in total. The van der Waals surface area contributed by atoms with Gasteiger partial charge in [0.2, 0.25) is 0 Å². The van der Waals surface area contributed by atoms with Gasteiger partial charge in [-0.15, -0.1) is 0 Å². The van der Waals surface area contributed by atoms with Crippen LogP contribution in [-0.4, -0.2) is 28.5 Å². The molecule has 2 fully saturated rings. The lowest BCUT2D eigenvalue weighted by atomic mass is 10.1. The number of hydrogen-bond donors (Lipinski definition) is 2. The van der Waals surface area contributed by atoms with Crippen LogP contribution < -0.4 is 0 Å². The van der Waals surface area contributed by atoms with Crippen molar-refractivity contribution >= 4 is 18.8 Å². The van der Waals surface area contributed by atoms with Gasteiger partial charge in [0.05, 0.1) is 5.41 Å². The minimum absolute atomic E-state index is 0.377. The number of nitrogens with zero attached hydrogens (tertiary/aromatic N) is 1. The van der Waals surface area contributed by atoms with E-state index in [-0.39, 0.29) is 0 Å². The predicted octanol–water partition coefficient (Wildman–Crippen LogP) is 0.238. The lowest BCUT2D eigenvalue weighted by molar-refractivity contribution is -0.143. The molecular formula is C6H9NO2S. The van der Waals surface area contributed by atoms with Crippen LogP contribution in [0.25, 0.3) is 0 Å². The van der Waals surface area contributed by atoms with Gasteiger partial charge in [0.15, 0.2) is 0 Å². The van der Waals surface area contributed by atoms with Gasteiger partial charge in [0.1, 0.15) is 0 Å². The zero-order valence-electron chi connectivity index (χ0n) is 5.45. The van der Waals surface area contributed by atoms with Crippen molar-refractivity contribution in [2.24, 2.45) is 11.3 Å². The van der Waals surface area contributed by atoms with E-state index >= 15 is 0 Å². The van der Waals surface area contributed by atoms with E-state index in [0.717, 1.165) is 13.0 Å². The third kappa shape index (κ3) is 0.632. The van der Waals surface area contributed by atoms with E-state index in [1.54, 1.807) is 4.31 Å². The van der Waals surface area contributed by atoms with E-state index in [2.05, 4.69) is 12.8 Å². The van der Waals surface area contributed by atoms with E-state index in [9.17, 15) is 4.79 Å². The lowest BCUT2D eigenvalue weighted by Crippen LogP contribution is -2.22. The Morgan fingerprint density at radius 1 is 1.80 bits per heavy atom. The summed E-state index contributed by atoms with van der Waals surface area (Å²) in [7, 11) is 0. The molecule has 2 unspecified atom stereocenters. The SMILES string of the molecule is O=C(O)C12CC1CN(S)C2. The normalized spacial score (nSPS) is 45.1. The quantitative estimate of drug-likeness (QED) is 0.538. The van der Waals surface area contributed by atoms with Gasteiger partial charge < -0.3 is 5.11 Å². The maximum absolute atomic E-state index is 10.6. The topological polar surface area (TPSA) is 40.5 Å². The molecule has 56 valence electrons. The summed E-state index contributed by atoms with van der Waals surface area (Å²) < 4.78 is 1.79. The Bertz CT molecular complexity index is 196. The zero-order chi connectivity index (χ0) is 7.35. The van der Waals surface area contributed by atoms with Crippen LogP contribution in [-0.2, 0) is 4.79 Å². The van der Waals surface area contributed by atoms with Gasteiger partial charge >= 0.3 is 5.97 Å². The molecule has 0 aromatic carbocycles. The highest BCUT2D eigenvalue weighted by Gasteiger charge is 2.64. The molecule has 1 N–H and O–H groups in total. The third-order valence-electron chi connectivity index (χ3n) is 2.55. The van der Waals surface area contributed by atoms with Gasteiger partial charge in [-0.25, -0.2) is 0 Å².